The van der Waals surface area contributed by atoms with Crippen molar-refractivity contribution in [3.05, 3.63) is 11.6 Å². The van der Waals surface area contributed by atoms with Crippen molar-refractivity contribution in [2.24, 2.45) is 0 Å². The summed E-state index contributed by atoms with van der Waals surface area (Å²) in [6.07, 6.45) is 3.46. The summed E-state index contributed by atoms with van der Waals surface area (Å²) < 4.78 is 1.84. The molecule has 2 aromatic rings. The zero-order valence-corrected chi connectivity index (χ0v) is 9.15. The second kappa shape index (κ2) is 3.05. The van der Waals surface area contributed by atoms with Gasteiger partial charge in [-0.1, -0.05) is 0 Å². The lowest BCUT2D eigenvalue weighted by atomic mass is 10.3. The van der Waals surface area contributed by atoms with Gasteiger partial charge < -0.3 is 15.4 Å². The number of hydrogen-bond donors (Lipinski definition) is 2. The van der Waals surface area contributed by atoms with Crippen LogP contribution in [0.5, 0.6) is 0 Å². The zero-order valence-electron chi connectivity index (χ0n) is 8.39. The summed E-state index contributed by atoms with van der Waals surface area (Å²) in [5, 5.41) is 9.47. The molecule has 16 heavy (non-hydrogen) atoms. The molecule has 0 aliphatic heterocycles. The lowest BCUT2D eigenvalue weighted by Gasteiger charge is -2.13. The minimum Gasteiger partial charge on any atom is -0.394 e. The van der Waals surface area contributed by atoms with Crippen LogP contribution in [0.15, 0.2) is 6.33 Å². The molecule has 7 heteroatoms. The second-order valence-electron chi connectivity index (χ2n) is 4.05. The highest BCUT2D eigenvalue weighted by Gasteiger charge is 2.45. The van der Waals surface area contributed by atoms with Gasteiger partial charge in [0.15, 0.2) is 11.5 Å². The molecule has 3 N–H and O–H groups in total. The minimum atomic E-state index is -0.265. The standard InChI is InChI=1S/C9H10ClN5O/c10-8-13-6(11)5-7(14-8)15(4-12-5)9(3-16)1-2-9/h4,16H,1-3H2,(H2,11,13,14). The SMILES string of the molecule is Nc1nc(Cl)nc2c1ncn2C1(CO)CC1. The van der Waals surface area contributed by atoms with E-state index in [2.05, 4.69) is 15.0 Å². The molecule has 3 rings (SSSR count). The molecule has 0 radical (unpaired) electrons. The molecule has 0 unspecified atom stereocenters. The summed E-state index contributed by atoms with van der Waals surface area (Å²) in [6, 6.07) is 0. The van der Waals surface area contributed by atoms with Gasteiger partial charge in [-0.05, 0) is 24.4 Å². The molecule has 1 aliphatic rings. The highest BCUT2D eigenvalue weighted by molar-refractivity contribution is 6.28. The Morgan fingerprint density at radius 3 is 2.88 bits per heavy atom. The maximum Gasteiger partial charge on any atom is 0.226 e. The van der Waals surface area contributed by atoms with Gasteiger partial charge in [-0.2, -0.15) is 9.97 Å². The normalized spacial score (nSPS) is 17.9. The monoisotopic (exact) mass is 239 g/mol. The number of rotatable bonds is 2. The number of nitrogen functional groups attached to an aromatic ring is 1. The third-order valence-corrected chi connectivity index (χ3v) is 3.20. The van der Waals surface area contributed by atoms with Crippen LogP contribution in [-0.4, -0.2) is 31.2 Å². The Kier molecular flexibility index (Phi) is 1.87. The van der Waals surface area contributed by atoms with Gasteiger partial charge in [0.2, 0.25) is 5.28 Å². The van der Waals surface area contributed by atoms with Crippen LogP contribution in [0.3, 0.4) is 0 Å². The quantitative estimate of drug-likeness (QED) is 0.747. The summed E-state index contributed by atoms with van der Waals surface area (Å²) in [6.45, 7) is 0.0694. The van der Waals surface area contributed by atoms with Crippen LogP contribution < -0.4 is 5.73 Å². The Labute approximate surface area is 96.1 Å². The van der Waals surface area contributed by atoms with Crippen LogP contribution >= 0.6 is 11.6 Å². The number of imidazole rings is 1. The molecule has 0 amide bonds. The highest BCUT2D eigenvalue weighted by atomic mass is 35.5. The number of hydrogen-bond acceptors (Lipinski definition) is 5. The Hall–Kier alpha value is -1.40. The van der Waals surface area contributed by atoms with Crippen molar-refractivity contribution in [1.82, 2.24) is 19.5 Å². The molecular formula is C9H10ClN5O. The number of aliphatic hydroxyl groups is 1. The first-order valence-electron chi connectivity index (χ1n) is 4.94. The fraction of sp³-hybridized carbons (Fsp3) is 0.444. The molecule has 0 saturated heterocycles. The summed E-state index contributed by atoms with van der Waals surface area (Å²) in [5.41, 5.74) is 6.56. The molecule has 6 nitrogen and oxygen atoms in total. The van der Waals surface area contributed by atoms with E-state index in [0.717, 1.165) is 12.8 Å². The first kappa shape index (κ1) is 9.80. The summed E-state index contributed by atoms with van der Waals surface area (Å²) in [5.74, 6) is 0.266. The highest BCUT2D eigenvalue weighted by Crippen LogP contribution is 2.44. The average Bonchev–Trinajstić information content (AvgIpc) is 2.93. The Bertz CT molecular complexity index is 562. The first-order valence-corrected chi connectivity index (χ1v) is 5.31. The second-order valence-corrected chi connectivity index (χ2v) is 4.39. The summed E-state index contributed by atoms with van der Waals surface area (Å²) in [7, 11) is 0. The van der Waals surface area contributed by atoms with E-state index in [1.807, 2.05) is 4.57 Å². The number of nitrogens with zero attached hydrogens (tertiary/aromatic N) is 4. The lowest BCUT2D eigenvalue weighted by Crippen LogP contribution is -2.21. The van der Waals surface area contributed by atoms with Crippen LogP contribution in [-0.2, 0) is 5.54 Å². The van der Waals surface area contributed by atoms with Crippen molar-refractivity contribution < 1.29 is 5.11 Å². The van der Waals surface area contributed by atoms with E-state index in [-0.39, 0.29) is 23.2 Å². The molecule has 1 aliphatic carbocycles. The molecule has 0 bridgehead atoms. The fourth-order valence-corrected chi connectivity index (χ4v) is 2.03. The van der Waals surface area contributed by atoms with Crippen LogP contribution in [0.1, 0.15) is 12.8 Å². The average molecular weight is 240 g/mol. The zero-order chi connectivity index (χ0) is 11.3. The topological polar surface area (TPSA) is 89.9 Å². The number of anilines is 1. The van der Waals surface area contributed by atoms with Gasteiger partial charge >= 0.3 is 0 Å². The van der Waals surface area contributed by atoms with Crippen molar-refractivity contribution in [3.8, 4) is 0 Å². The predicted octanol–water partition coefficient (Wildman–Crippen LogP) is 0.543. The molecule has 2 heterocycles. The van der Waals surface area contributed by atoms with E-state index in [1.54, 1.807) is 6.33 Å². The Morgan fingerprint density at radius 1 is 1.50 bits per heavy atom. The minimum absolute atomic E-state index is 0.0694. The van der Waals surface area contributed by atoms with E-state index >= 15 is 0 Å². The third kappa shape index (κ3) is 1.20. The lowest BCUT2D eigenvalue weighted by molar-refractivity contribution is 0.215. The van der Waals surface area contributed by atoms with Gasteiger partial charge in [0.05, 0.1) is 18.5 Å². The maximum atomic E-state index is 9.37. The maximum absolute atomic E-state index is 9.37. The van der Waals surface area contributed by atoms with Gasteiger partial charge in [0.1, 0.15) is 5.52 Å². The summed E-state index contributed by atoms with van der Waals surface area (Å²) >= 11 is 5.76. The number of nitrogens with two attached hydrogens (primary N) is 1. The first-order chi connectivity index (χ1) is 7.66. The molecule has 0 atom stereocenters. The molecule has 2 aromatic heterocycles. The smallest absolute Gasteiger partial charge is 0.226 e. The number of fused-ring (bicyclic) bond motifs is 1. The molecule has 1 saturated carbocycles. The predicted molar refractivity (Wildman–Crippen MR) is 59.0 cm³/mol. The van der Waals surface area contributed by atoms with Crippen molar-refractivity contribution in [2.75, 3.05) is 12.3 Å². The van der Waals surface area contributed by atoms with Crippen molar-refractivity contribution >= 4 is 28.6 Å². The summed E-state index contributed by atoms with van der Waals surface area (Å²) in [4.78, 5) is 12.1. The fourth-order valence-electron chi connectivity index (χ4n) is 1.86. The van der Waals surface area contributed by atoms with Gasteiger partial charge in [0.25, 0.3) is 0 Å². The number of aliphatic hydroxyl groups excluding tert-OH is 1. The Balaban J connectivity index is 2.27. The number of aromatic nitrogens is 4. The van der Waals surface area contributed by atoms with E-state index in [1.165, 1.54) is 0 Å². The van der Waals surface area contributed by atoms with Crippen molar-refractivity contribution in [1.29, 1.82) is 0 Å². The van der Waals surface area contributed by atoms with Gasteiger partial charge in [-0.3, -0.25) is 0 Å². The van der Waals surface area contributed by atoms with Crippen LogP contribution in [0.2, 0.25) is 5.28 Å². The van der Waals surface area contributed by atoms with Gasteiger partial charge in [-0.15, -0.1) is 0 Å². The molecular weight excluding hydrogens is 230 g/mol. The number of halogens is 1. The van der Waals surface area contributed by atoms with E-state index in [4.69, 9.17) is 17.3 Å². The van der Waals surface area contributed by atoms with Crippen molar-refractivity contribution in [3.63, 3.8) is 0 Å². The third-order valence-electron chi connectivity index (χ3n) is 3.03. The van der Waals surface area contributed by atoms with E-state index < -0.39 is 0 Å². The van der Waals surface area contributed by atoms with E-state index in [0.29, 0.717) is 11.2 Å². The van der Waals surface area contributed by atoms with Crippen LogP contribution in [0.4, 0.5) is 5.82 Å². The van der Waals surface area contributed by atoms with Crippen LogP contribution in [0.25, 0.3) is 11.2 Å². The van der Waals surface area contributed by atoms with Gasteiger partial charge in [0, 0.05) is 0 Å². The van der Waals surface area contributed by atoms with Crippen molar-refractivity contribution in [2.45, 2.75) is 18.4 Å². The molecule has 0 spiro atoms. The van der Waals surface area contributed by atoms with Gasteiger partial charge in [-0.25, -0.2) is 4.98 Å². The molecule has 0 aromatic carbocycles. The van der Waals surface area contributed by atoms with E-state index in [9.17, 15) is 5.11 Å². The van der Waals surface area contributed by atoms with Crippen LogP contribution in [0, 0.1) is 0 Å². The largest absolute Gasteiger partial charge is 0.394 e. The molecule has 84 valence electrons. The molecule has 1 fully saturated rings. The Morgan fingerprint density at radius 2 is 2.25 bits per heavy atom.